The molecule has 0 aliphatic heterocycles. The molecule has 7 N–H and O–H groups in total. The van der Waals surface area contributed by atoms with E-state index >= 15 is 0 Å². The molecule has 0 saturated heterocycles. The average Bonchev–Trinajstić information content (AvgIpc) is 2.70. The molecule has 0 spiro atoms. The van der Waals surface area contributed by atoms with E-state index in [0.717, 1.165) is 5.56 Å². The van der Waals surface area contributed by atoms with Crippen molar-refractivity contribution in [1.29, 1.82) is 0 Å². The second kappa shape index (κ2) is 12.0. The Kier molecular flexibility index (Phi) is 10.1. The van der Waals surface area contributed by atoms with E-state index in [1.54, 1.807) is 30.3 Å². The summed E-state index contributed by atoms with van der Waals surface area (Å²) in [6.07, 6.45) is 0.0803. The largest absolute Gasteiger partial charge is 0.480 e. The number of thiol groups is 1. The van der Waals surface area contributed by atoms with Crippen LogP contribution in [0.25, 0.3) is 0 Å². The molecule has 0 aliphatic rings. The highest BCUT2D eigenvalue weighted by Gasteiger charge is 2.27. The summed E-state index contributed by atoms with van der Waals surface area (Å²) in [5.74, 6) is -3.42. The second-order valence-corrected chi connectivity index (χ2v) is 6.72. The van der Waals surface area contributed by atoms with Crippen LogP contribution in [0.2, 0.25) is 0 Å². The van der Waals surface area contributed by atoms with Crippen LogP contribution in [0.15, 0.2) is 30.3 Å². The van der Waals surface area contributed by atoms with Crippen LogP contribution in [0, 0.1) is 0 Å². The van der Waals surface area contributed by atoms with Crippen molar-refractivity contribution in [3.8, 4) is 0 Å². The third-order valence-electron chi connectivity index (χ3n) is 4.00. The Balaban J connectivity index is 2.67. The fourth-order valence-corrected chi connectivity index (χ4v) is 2.54. The van der Waals surface area contributed by atoms with E-state index in [4.69, 9.17) is 10.8 Å². The third kappa shape index (κ3) is 8.10. The SMILES string of the molecule is CC(NC(=O)C(CS)NC(=O)C(N)CO)C(=O)NC(Cc1ccccc1)C(=O)O. The standard InChI is InChI=1S/C18H26N4O6S/c1-10(20-17(26)14(9-29)22-16(25)12(19)8-23)15(24)21-13(18(27)28)7-11-5-3-2-4-6-11/h2-6,10,12-14,23,29H,7-9,19H2,1H3,(H,20,26)(H,21,24)(H,22,25)(H,27,28). The number of aliphatic hydroxyl groups is 1. The molecule has 160 valence electrons. The zero-order valence-corrected chi connectivity index (χ0v) is 16.8. The Morgan fingerprint density at radius 1 is 1.00 bits per heavy atom. The quantitative estimate of drug-likeness (QED) is 0.201. The molecule has 0 aromatic heterocycles. The van der Waals surface area contributed by atoms with Gasteiger partial charge in [-0.1, -0.05) is 30.3 Å². The van der Waals surface area contributed by atoms with Gasteiger partial charge in [-0.05, 0) is 12.5 Å². The number of benzene rings is 1. The number of carboxylic acids is 1. The number of hydrogen-bond acceptors (Lipinski definition) is 7. The van der Waals surface area contributed by atoms with Gasteiger partial charge in [-0.25, -0.2) is 4.79 Å². The van der Waals surface area contributed by atoms with Crippen LogP contribution >= 0.6 is 12.6 Å². The van der Waals surface area contributed by atoms with Gasteiger partial charge in [0.25, 0.3) is 0 Å². The number of nitrogens with one attached hydrogen (secondary N) is 3. The van der Waals surface area contributed by atoms with Crippen molar-refractivity contribution in [1.82, 2.24) is 16.0 Å². The van der Waals surface area contributed by atoms with E-state index in [0.29, 0.717) is 0 Å². The molecule has 29 heavy (non-hydrogen) atoms. The van der Waals surface area contributed by atoms with Gasteiger partial charge in [-0.15, -0.1) is 0 Å². The number of carboxylic acid groups (broad SMARTS) is 1. The Hall–Kier alpha value is -2.63. The number of amides is 3. The van der Waals surface area contributed by atoms with Gasteiger partial charge >= 0.3 is 5.97 Å². The maximum Gasteiger partial charge on any atom is 0.326 e. The lowest BCUT2D eigenvalue weighted by atomic mass is 10.1. The molecule has 11 heteroatoms. The van der Waals surface area contributed by atoms with Crippen LogP contribution in [-0.4, -0.2) is 70.4 Å². The number of hydrogen-bond donors (Lipinski definition) is 7. The number of aliphatic carboxylic acids is 1. The van der Waals surface area contributed by atoms with E-state index in [-0.39, 0.29) is 12.2 Å². The van der Waals surface area contributed by atoms with Gasteiger partial charge in [0, 0.05) is 12.2 Å². The highest BCUT2D eigenvalue weighted by Crippen LogP contribution is 2.04. The fraction of sp³-hybridized carbons (Fsp3) is 0.444. The lowest BCUT2D eigenvalue weighted by molar-refractivity contribution is -0.142. The summed E-state index contributed by atoms with van der Waals surface area (Å²) in [5.41, 5.74) is 6.11. The van der Waals surface area contributed by atoms with Crippen LogP contribution in [0.1, 0.15) is 12.5 Å². The molecule has 0 radical (unpaired) electrons. The molecule has 0 fully saturated rings. The molecule has 0 bridgehead atoms. The van der Waals surface area contributed by atoms with Crippen molar-refractivity contribution < 1.29 is 29.4 Å². The monoisotopic (exact) mass is 426 g/mol. The van der Waals surface area contributed by atoms with Gasteiger partial charge in [0.15, 0.2) is 0 Å². The Morgan fingerprint density at radius 3 is 2.10 bits per heavy atom. The number of carbonyl (C=O) groups is 4. The molecule has 1 aromatic rings. The van der Waals surface area contributed by atoms with Crippen LogP contribution < -0.4 is 21.7 Å². The Bertz CT molecular complexity index is 718. The van der Waals surface area contributed by atoms with Gasteiger partial charge in [0.05, 0.1) is 6.61 Å². The molecule has 0 aliphatic carbocycles. The first-order chi connectivity index (χ1) is 13.7. The van der Waals surface area contributed by atoms with E-state index < -0.39 is 54.5 Å². The fourth-order valence-electron chi connectivity index (χ4n) is 2.28. The lowest BCUT2D eigenvalue weighted by Crippen LogP contribution is -2.57. The first-order valence-corrected chi connectivity index (χ1v) is 9.48. The molecule has 10 nitrogen and oxygen atoms in total. The zero-order chi connectivity index (χ0) is 22.0. The van der Waals surface area contributed by atoms with Gasteiger partial charge < -0.3 is 31.9 Å². The molecule has 1 rings (SSSR count). The summed E-state index contributed by atoms with van der Waals surface area (Å²) in [6.45, 7) is 0.787. The molecule has 3 amide bonds. The van der Waals surface area contributed by atoms with Crippen molar-refractivity contribution in [2.24, 2.45) is 5.73 Å². The van der Waals surface area contributed by atoms with Crippen molar-refractivity contribution in [2.45, 2.75) is 37.5 Å². The molecule has 0 saturated carbocycles. The zero-order valence-electron chi connectivity index (χ0n) is 15.9. The first kappa shape index (κ1) is 24.4. The summed E-state index contributed by atoms with van der Waals surface area (Å²) in [7, 11) is 0. The number of carbonyl (C=O) groups excluding carboxylic acids is 3. The average molecular weight is 426 g/mol. The Labute approximate surface area is 173 Å². The Morgan fingerprint density at radius 2 is 1.59 bits per heavy atom. The predicted octanol–water partition coefficient (Wildman–Crippen LogP) is -1.96. The normalized spacial score (nSPS) is 14.8. The predicted molar refractivity (Wildman–Crippen MR) is 108 cm³/mol. The molecular formula is C18H26N4O6S. The lowest BCUT2D eigenvalue weighted by Gasteiger charge is -2.22. The number of rotatable bonds is 11. The van der Waals surface area contributed by atoms with E-state index in [1.165, 1.54) is 6.92 Å². The summed E-state index contributed by atoms with van der Waals surface area (Å²) in [4.78, 5) is 47.8. The van der Waals surface area contributed by atoms with Crippen LogP contribution in [-0.2, 0) is 25.6 Å². The van der Waals surface area contributed by atoms with Crippen molar-refractivity contribution in [3.05, 3.63) is 35.9 Å². The molecular weight excluding hydrogens is 400 g/mol. The summed E-state index contributed by atoms with van der Waals surface area (Å²) in [5, 5.41) is 25.3. The van der Waals surface area contributed by atoms with E-state index in [9.17, 15) is 24.3 Å². The maximum atomic E-state index is 12.3. The highest BCUT2D eigenvalue weighted by molar-refractivity contribution is 7.80. The molecule has 1 aromatic carbocycles. The topological polar surface area (TPSA) is 171 Å². The molecule has 0 heterocycles. The number of nitrogens with two attached hydrogens (primary N) is 1. The van der Waals surface area contributed by atoms with Crippen molar-refractivity contribution in [3.63, 3.8) is 0 Å². The van der Waals surface area contributed by atoms with Gasteiger partial charge in [-0.2, -0.15) is 12.6 Å². The minimum atomic E-state index is -1.21. The first-order valence-electron chi connectivity index (χ1n) is 8.84. The summed E-state index contributed by atoms with van der Waals surface area (Å²) < 4.78 is 0. The van der Waals surface area contributed by atoms with Gasteiger partial charge in [0.1, 0.15) is 24.2 Å². The minimum Gasteiger partial charge on any atom is -0.480 e. The number of aliphatic hydroxyl groups excluding tert-OH is 1. The maximum absolute atomic E-state index is 12.3. The van der Waals surface area contributed by atoms with Crippen LogP contribution in [0.3, 0.4) is 0 Å². The van der Waals surface area contributed by atoms with Gasteiger partial charge in [-0.3, -0.25) is 14.4 Å². The summed E-state index contributed by atoms with van der Waals surface area (Å²) >= 11 is 3.98. The van der Waals surface area contributed by atoms with E-state index in [1.807, 2.05) is 0 Å². The molecule has 4 atom stereocenters. The molecule has 4 unspecified atom stereocenters. The van der Waals surface area contributed by atoms with Crippen molar-refractivity contribution in [2.75, 3.05) is 12.4 Å². The van der Waals surface area contributed by atoms with Crippen molar-refractivity contribution >= 4 is 36.3 Å². The minimum absolute atomic E-state index is 0.0736. The smallest absolute Gasteiger partial charge is 0.326 e. The second-order valence-electron chi connectivity index (χ2n) is 6.35. The van der Waals surface area contributed by atoms with Crippen LogP contribution in [0.4, 0.5) is 0 Å². The van der Waals surface area contributed by atoms with Gasteiger partial charge in [0.2, 0.25) is 17.7 Å². The summed E-state index contributed by atoms with van der Waals surface area (Å²) in [6, 6.07) is 4.27. The highest BCUT2D eigenvalue weighted by atomic mass is 32.1. The third-order valence-corrected chi connectivity index (χ3v) is 4.36. The van der Waals surface area contributed by atoms with Crippen LogP contribution in [0.5, 0.6) is 0 Å². The van der Waals surface area contributed by atoms with E-state index in [2.05, 4.69) is 28.6 Å².